The van der Waals surface area contributed by atoms with Gasteiger partial charge < -0.3 is 20.1 Å². The number of likely N-dealkylation sites (N-methyl/N-ethyl adjacent to an activating group) is 1. The smallest absolute Gasteiger partial charge is 0.272 e. The van der Waals surface area contributed by atoms with Gasteiger partial charge in [-0.2, -0.15) is 0 Å². The van der Waals surface area contributed by atoms with E-state index in [1.165, 1.54) is 6.07 Å². The molecule has 0 radical (unpaired) electrons. The van der Waals surface area contributed by atoms with E-state index >= 15 is 0 Å². The fraction of sp³-hybridized carbons (Fsp3) is 0.522. The first-order valence-electron chi connectivity index (χ1n) is 10.8. The highest BCUT2D eigenvalue weighted by molar-refractivity contribution is 5.98. The maximum atomic E-state index is 13.9. The highest BCUT2D eigenvalue weighted by Crippen LogP contribution is 2.28. The fourth-order valence-corrected chi connectivity index (χ4v) is 3.91. The number of carbonyl (C=O) groups is 2. The van der Waals surface area contributed by atoms with Gasteiger partial charge in [-0.3, -0.25) is 9.59 Å². The lowest BCUT2D eigenvalue weighted by Crippen LogP contribution is -2.53. The number of fused-ring (bicyclic) bond motifs is 1. The minimum Gasteiger partial charge on any atom is -0.355 e. The molecule has 2 aromatic rings. The minimum absolute atomic E-state index is 0.192. The van der Waals surface area contributed by atoms with E-state index in [2.05, 4.69) is 20.5 Å². The van der Waals surface area contributed by atoms with Crippen LogP contribution in [0.1, 0.15) is 50.3 Å². The van der Waals surface area contributed by atoms with E-state index in [-0.39, 0.29) is 11.6 Å². The number of benzene rings is 1. The molecule has 9 heteroatoms. The second-order valence-corrected chi connectivity index (χ2v) is 9.27. The Bertz CT molecular complexity index is 1010. The number of imidazole rings is 1. The Kier molecular flexibility index (Phi) is 6.97. The Morgan fingerprint density at radius 2 is 1.91 bits per heavy atom. The zero-order valence-corrected chi connectivity index (χ0v) is 19.3. The van der Waals surface area contributed by atoms with Gasteiger partial charge in [0, 0.05) is 25.2 Å². The van der Waals surface area contributed by atoms with Crippen LogP contribution in [-0.4, -0.2) is 52.4 Å². The minimum atomic E-state index is -0.972. The van der Waals surface area contributed by atoms with Gasteiger partial charge in [0.15, 0.2) is 17.3 Å². The normalized spacial score (nSPS) is 15.6. The molecule has 2 N–H and O–H groups in total. The van der Waals surface area contributed by atoms with Crippen LogP contribution in [0.3, 0.4) is 0 Å². The summed E-state index contributed by atoms with van der Waals surface area (Å²) in [6, 6.07) is 2.84. The highest BCUT2D eigenvalue weighted by Gasteiger charge is 2.35. The number of hydrogen-bond donors (Lipinski definition) is 2. The molecule has 0 saturated heterocycles. The Morgan fingerprint density at radius 1 is 1.19 bits per heavy atom. The van der Waals surface area contributed by atoms with Crippen molar-refractivity contribution in [3.63, 3.8) is 0 Å². The molecule has 0 saturated carbocycles. The van der Waals surface area contributed by atoms with Gasteiger partial charge >= 0.3 is 0 Å². The predicted molar refractivity (Wildman–Crippen MR) is 118 cm³/mol. The molecule has 0 spiro atoms. The van der Waals surface area contributed by atoms with Crippen molar-refractivity contribution in [2.24, 2.45) is 5.41 Å². The third-order valence-electron chi connectivity index (χ3n) is 5.56. The number of carbonyl (C=O) groups excluding carboxylic acids is 2. The Labute approximate surface area is 187 Å². The van der Waals surface area contributed by atoms with Crippen LogP contribution in [0.4, 0.5) is 8.78 Å². The fourth-order valence-electron chi connectivity index (χ4n) is 3.91. The lowest BCUT2D eigenvalue weighted by atomic mass is 9.86. The monoisotopic (exact) mass is 447 g/mol. The molecule has 7 nitrogen and oxygen atoms in total. The summed E-state index contributed by atoms with van der Waals surface area (Å²) in [6.45, 7) is 9.78. The first-order chi connectivity index (χ1) is 15.0. The molecule has 0 aliphatic carbocycles. The summed E-state index contributed by atoms with van der Waals surface area (Å²) in [4.78, 5) is 32.6. The van der Waals surface area contributed by atoms with Gasteiger partial charge in [0.05, 0.1) is 5.69 Å². The van der Waals surface area contributed by atoms with Gasteiger partial charge in [-0.05, 0) is 50.6 Å². The number of amides is 2. The van der Waals surface area contributed by atoms with Crippen LogP contribution in [-0.2, 0) is 17.9 Å². The van der Waals surface area contributed by atoms with Crippen molar-refractivity contribution >= 4 is 11.8 Å². The Morgan fingerprint density at radius 3 is 2.53 bits per heavy atom. The topological polar surface area (TPSA) is 79.3 Å². The lowest BCUT2D eigenvalue weighted by Gasteiger charge is -2.30. The SMILES string of the molecule is CCNC(=O)C(NC(=O)c1nc(-c2ccc(F)c(F)c2)n2c1CN(C)CCC2)C(C)(C)C. The maximum Gasteiger partial charge on any atom is 0.272 e. The molecule has 3 rings (SSSR count). The summed E-state index contributed by atoms with van der Waals surface area (Å²) in [7, 11) is 1.95. The summed E-state index contributed by atoms with van der Waals surface area (Å²) in [5.41, 5.74) is 0.748. The van der Waals surface area contributed by atoms with E-state index in [0.29, 0.717) is 36.7 Å². The highest BCUT2D eigenvalue weighted by atomic mass is 19.2. The average molecular weight is 448 g/mol. The second-order valence-electron chi connectivity index (χ2n) is 9.27. The molecule has 1 aliphatic heterocycles. The first-order valence-corrected chi connectivity index (χ1v) is 10.8. The van der Waals surface area contributed by atoms with Crippen molar-refractivity contribution in [3.05, 3.63) is 41.2 Å². The molecular formula is C23H31F2N5O2. The molecular weight excluding hydrogens is 416 g/mol. The van der Waals surface area contributed by atoms with E-state index in [0.717, 1.165) is 25.1 Å². The number of hydrogen-bond acceptors (Lipinski definition) is 4. The molecule has 1 aromatic heterocycles. The van der Waals surface area contributed by atoms with Crippen LogP contribution in [0.15, 0.2) is 18.2 Å². The van der Waals surface area contributed by atoms with Gasteiger partial charge in [-0.15, -0.1) is 0 Å². The van der Waals surface area contributed by atoms with Crippen LogP contribution >= 0.6 is 0 Å². The number of halogens is 2. The van der Waals surface area contributed by atoms with Crippen molar-refractivity contribution < 1.29 is 18.4 Å². The van der Waals surface area contributed by atoms with E-state index in [4.69, 9.17) is 0 Å². The van der Waals surface area contributed by atoms with Crippen LogP contribution in [0, 0.1) is 17.0 Å². The van der Waals surface area contributed by atoms with Gasteiger partial charge in [0.25, 0.3) is 5.91 Å². The summed E-state index contributed by atoms with van der Waals surface area (Å²) >= 11 is 0. The molecule has 32 heavy (non-hydrogen) atoms. The van der Waals surface area contributed by atoms with Gasteiger partial charge in [-0.25, -0.2) is 13.8 Å². The number of nitrogens with zero attached hydrogens (tertiary/aromatic N) is 3. The summed E-state index contributed by atoms with van der Waals surface area (Å²) in [6.07, 6.45) is 0.821. The van der Waals surface area contributed by atoms with E-state index < -0.39 is 29.0 Å². The summed E-state index contributed by atoms with van der Waals surface area (Å²) < 4.78 is 29.3. The number of nitrogens with one attached hydrogen (secondary N) is 2. The lowest BCUT2D eigenvalue weighted by molar-refractivity contribution is -0.125. The van der Waals surface area contributed by atoms with Gasteiger partial charge in [-0.1, -0.05) is 20.8 Å². The quantitative estimate of drug-likeness (QED) is 0.739. The third kappa shape index (κ3) is 4.98. The van der Waals surface area contributed by atoms with E-state index in [1.807, 2.05) is 39.3 Å². The molecule has 1 aromatic carbocycles. The van der Waals surface area contributed by atoms with Crippen LogP contribution in [0.25, 0.3) is 11.4 Å². The van der Waals surface area contributed by atoms with E-state index in [9.17, 15) is 18.4 Å². The zero-order valence-electron chi connectivity index (χ0n) is 19.3. The zero-order chi connectivity index (χ0) is 23.6. The third-order valence-corrected chi connectivity index (χ3v) is 5.56. The Hall–Kier alpha value is -2.81. The molecule has 0 bridgehead atoms. The Balaban J connectivity index is 2.05. The average Bonchev–Trinajstić information content (AvgIpc) is 2.94. The molecule has 1 atom stereocenters. The van der Waals surface area contributed by atoms with Crippen LogP contribution in [0.5, 0.6) is 0 Å². The molecule has 174 valence electrons. The molecule has 2 heterocycles. The standard InChI is InChI=1S/C23H31F2N5O2/c1-6-26-22(32)19(23(2,3)4)28-21(31)18-17-13-29(5)10-7-11-30(17)20(27-18)14-8-9-15(24)16(25)12-14/h8-9,12,19H,6-7,10-11,13H2,1-5H3,(H,26,32)(H,28,31). The van der Waals surface area contributed by atoms with Crippen LogP contribution in [0.2, 0.25) is 0 Å². The maximum absolute atomic E-state index is 13.9. The number of aromatic nitrogens is 2. The predicted octanol–water partition coefficient (Wildman–Crippen LogP) is 2.94. The van der Waals surface area contributed by atoms with E-state index in [1.54, 1.807) is 0 Å². The van der Waals surface area contributed by atoms with Crippen LogP contribution < -0.4 is 10.6 Å². The van der Waals surface area contributed by atoms with Crippen molar-refractivity contribution in [3.8, 4) is 11.4 Å². The second kappa shape index (κ2) is 9.36. The largest absolute Gasteiger partial charge is 0.355 e. The molecule has 1 unspecified atom stereocenters. The summed E-state index contributed by atoms with van der Waals surface area (Å²) in [5, 5.41) is 5.62. The van der Waals surface area contributed by atoms with Crippen molar-refractivity contribution in [1.29, 1.82) is 0 Å². The van der Waals surface area contributed by atoms with Crippen molar-refractivity contribution in [1.82, 2.24) is 25.1 Å². The first kappa shape index (κ1) is 23.8. The van der Waals surface area contributed by atoms with Gasteiger partial charge in [0.1, 0.15) is 11.9 Å². The molecule has 2 amide bonds. The van der Waals surface area contributed by atoms with Gasteiger partial charge in [0.2, 0.25) is 5.91 Å². The van der Waals surface area contributed by atoms with Crippen molar-refractivity contribution in [2.75, 3.05) is 20.1 Å². The summed E-state index contributed by atoms with van der Waals surface area (Å²) in [5.74, 6) is -2.24. The van der Waals surface area contributed by atoms with Crippen molar-refractivity contribution in [2.45, 2.75) is 53.2 Å². The number of rotatable bonds is 5. The molecule has 1 aliphatic rings. The molecule has 0 fully saturated rings.